The maximum Gasteiger partial charge on any atom is 0.265 e. The Labute approximate surface area is 155 Å². The number of carbonyl (C=O) groups excluding carboxylic acids is 1. The Kier molecular flexibility index (Phi) is 7.19. The van der Waals surface area contributed by atoms with Gasteiger partial charge in [0, 0.05) is 12.2 Å². The van der Waals surface area contributed by atoms with Gasteiger partial charge in [-0.2, -0.15) is 5.26 Å². The highest BCUT2D eigenvalue weighted by Gasteiger charge is 2.15. The van der Waals surface area contributed by atoms with Crippen LogP contribution in [0.4, 0.5) is 5.69 Å². The number of benzene rings is 2. The molecular weight excluding hydrogens is 326 g/mol. The van der Waals surface area contributed by atoms with Crippen molar-refractivity contribution in [2.45, 2.75) is 33.4 Å². The number of anilines is 1. The third kappa shape index (κ3) is 5.61. The van der Waals surface area contributed by atoms with E-state index in [0.717, 1.165) is 30.9 Å². The summed E-state index contributed by atoms with van der Waals surface area (Å²) in [5, 5.41) is 11.7. The third-order valence-corrected chi connectivity index (χ3v) is 4.16. The van der Waals surface area contributed by atoms with Crippen molar-refractivity contribution >= 4 is 11.6 Å². The van der Waals surface area contributed by atoms with Crippen molar-refractivity contribution in [3.63, 3.8) is 0 Å². The van der Waals surface area contributed by atoms with Gasteiger partial charge in [0.2, 0.25) is 0 Å². The van der Waals surface area contributed by atoms with E-state index in [4.69, 9.17) is 10.00 Å². The first-order valence-corrected chi connectivity index (χ1v) is 8.84. The zero-order chi connectivity index (χ0) is 18.9. The van der Waals surface area contributed by atoms with Crippen LogP contribution in [0, 0.1) is 11.3 Å². The molecule has 5 heteroatoms. The lowest BCUT2D eigenvalue weighted by Gasteiger charge is -2.19. The van der Waals surface area contributed by atoms with Crippen molar-refractivity contribution in [2.24, 2.45) is 0 Å². The van der Waals surface area contributed by atoms with Crippen LogP contribution in [0.2, 0.25) is 0 Å². The first kappa shape index (κ1) is 19.5. The molecule has 1 atom stereocenters. The molecule has 26 heavy (non-hydrogen) atoms. The van der Waals surface area contributed by atoms with Gasteiger partial charge in [-0.05, 0) is 62.0 Å². The molecule has 136 valence electrons. The van der Waals surface area contributed by atoms with E-state index in [1.165, 1.54) is 0 Å². The molecule has 0 spiro atoms. The lowest BCUT2D eigenvalue weighted by molar-refractivity contribution is -0.122. The molecular formula is C21H25N3O2. The highest BCUT2D eigenvalue weighted by atomic mass is 16.5. The summed E-state index contributed by atoms with van der Waals surface area (Å²) in [7, 11) is 0. The largest absolute Gasteiger partial charge is 0.481 e. The van der Waals surface area contributed by atoms with Crippen LogP contribution < -0.4 is 10.1 Å². The quantitative estimate of drug-likeness (QED) is 0.785. The molecule has 0 aliphatic carbocycles. The third-order valence-electron chi connectivity index (χ3n) is 4.16. The van der Waals surface area contributed by atoms with Crippen LogP contribution in [0.5, 0.6) is 5.75 Å². The van der Waals surface area contributed by atoms with Crippen LogP contribution in [0.3, 0.4) is 0 Å². The Morgan fingerprint density at radius 1 is 1.19 bits per heavy atom. The molecule has 1 N–H and O–H groups in total. The van der Waals surface area contributed by atoms with E-state index in [0.29, 0.717) is 11.3 Å². The number of nitrogens with zero attached hydrogens (tertiary/aromatic N) is 2. The van der Waals surface area contributed by atoms with Crippen molar-refractivity contribution in [3.05, 3.63) is 59.7 Å². The number of rotatable bonds is 8. The molecule has 0 radical (unpaired) electrons. The zero-order valence-electron chi connectivity index (χ0n) is 15.5. The van der Waals surface area contributed by atoms with Crippen LogP contribution in [-0.4, -0.2) is 30.0 Å². The normalized spacial score (nSPS) is 11.7. The van der Waals surface area contributed by atoms with Crippen molar-refractivity contribution in [1.82, 2.24) is 4.90 Å². The number of ether oxygens (including phenoxy) is 1. The lowest BCUT2D eigenvalue weighted by Crippen LogP contribution is -2.30. The van der Waals surface area contributed by atoms with Gasteiger partial charge >= 0.3 is 0 Å². The Balaban J connectivity index is 1.96. The van der Waals surface area contributed by atoms with E-state index in [9.17, 15) is 4.79 Å². The standard InChI is InChI=1S/C21H25N3O2/c1-4-24(5-2)15-18-7-6-8-19(13-18)23-21(25)16(3)26-20-11-9-17(14-22)10-12-20/h6-13,16H,4-5,15H2,1-3H3,(H,23,25). The van der Waals surface area contributed by atoms with Crippen LogP contribution in [0.25, 0.3) is 0 Å². The molecule has 0 saturated carbocycles. The molecule has 0 aliphatic rings. The second-order valence-electron chi connectivity index (χ2n) is 6.05. The summed E-state index contributed by atoms with van der Waals surface area (Å²) in [4.78, 5) is 14.7. The van der Waals surface area contributed by atoms with Crippen molar-refractivity contribution in [1.29, 1.82) is 5.26 Å². The number of hydrogen-bond donors (Lipinski definition) is 1. The number of hydrogen-bond acceptors (Lipinski definition) is 4. The predicted octanol–water partition coefficient (Wildman–Crippen LogP) is 3.81. The van der Waals surface area contributed by atoms with E-state index in [-0.39, 0.29) is 5.91 Å². The van der Waals surface area contributed by atoms with E-state index in [2.05, 4.69) is 36.2 Å². The number of nitrogens with one attached hydrogen (secondary N) is 1. The van der Waals surface area contributed by atoms with Gasteiger partial charge in [0.1, 0.15) is 5.75 Å². The molecule has 1 amide bonds. The highest BCUT2D eigenvalue weighted by Crippen LogP contribution is 2.16. The topological polar surface area (TPSA) is 65.4 Å². The molecule has 2 aromatic carbocycles. The maximum absolute atomic E-state index is 12.4. The molecule has 0 aromatic heterocycles. The molecule has 2 rings (SSSR count). The van der Waals surface area contributed by atoms with Crippen LogP contribution >= 0.6 is 0 Å². The Bertz CT molecular complexity index is 762. The van der Waals surface area contributed by atoms with E-state index in [1.807, 2.05) is 18.2 Å². The van der Waals surface area contributed by atoms with Gasteiger partial charge in [-0.15, -0.1) is 0 Å². The minimum Gasteiger partial charge on any atom is -0.481 e. The van der Waals surface area contributed by atoms with Gasteiger partial charge in [-0.25, -0.2) is 0 Å². The highest BCUT2D eigenvalue weighted by molar-refractivity contribution is 5.94. The SMILES string of the molecule is CCN(CC)Cc1cccc(NC(=O)C(C)Oc2ccc(C#N)cc2)c1. The molecule has 0 bridgehead atoms. The minimum absolute atomic E-state index is 0.214. The smallest absolute Gasteiger partial charge is 0.265 e. The van der Waals surface area contributed by atoms with Crippen LogP contribution in [0.15, 0.2) is 48.5 Å². The van der Waals surface area contributed by atoms with Crippen molar-refractivity contribution in [3.8, 4) is 11.8 Å². The molecule has 5 nitrogen and oxygen atoms in total. The van der Waals surface area contributed by atoms with E-state index < -0.39 is 6.10 Å². The number of nitriles is 1. The van der Waals surface area contributed by atoms with Gasteiger partial charge in [0.05, 0.1) is 11.6 Å². The van der Waals surface area contributed by atoms with Crippen LogP contribution in [0.1, 0.15) is 31.9 Å². The van der Waals surface area contributed by atoms with Gasteiger partial charge in [-0.1, -0.05) is 26.0 Å². The molecule has 0 fully saturated rings. The summed E-state index contributed by atoms with van der Waals surface area (Å²) in [6.07, 6.45) is -0.644. The number of carbonyl (C=O) groups is 1. The molecule has 0 heterocycles. The Hall–Kier alpha value is -2.84. The summed E-state index contributed by atoms with van der Waals surface area (Å²) in [6, 6.07) is 16.6. The molecule has 0 saturated heterocycles. The maximum atomic E-state index is 12.4. The van der Waals surface area contributed by atoms with Gasteiger partial charge < -0.3 is 10.1 Å². The Morgan fingerprint density at radius 3 is 2.50 bits per heavy atom. The summed E-state index contributed by atoms with van der Waals surface area (Å²) in [5.74, 6) is 0.344. The fourth-order valence-electron chi connectivity index (χ4n) is 2.56. The zero-order valence-corrected chi connectivity index (χ0v) is 15.5. The average molecular weight is 351 g/mol. The fourth-order valence-corrected chi connectivity index (χ4v) is 2.56. The van der Waals surface area contributed by atoms with Gasteiger partial charge in [-0.3, -0.25) is 9.69 Å². The van der Waals surface area contributed by atoms with Crippen LogP contribution in [-0.2, 0) is 11.3 Å². The Morgan fingerprint density at radius 2 is 1.88 bits per heavy atom. The van der Waals surface area contributed by atoms with Crippen molar-refractivity contribution < 1.29 is 9.53 Å². The summed E-state index contributed by atoms with van der Waals surface area (Å²) in [6.45, 7) is 8.81. The van der Waals surface area contributed by atoms with E-state index in [1.54, 1.807) is 31.2 Å². The lowest BCUT2D eigenvalue weighted by atomic mass is 10.2. The van der Waals surface area contributed by atoms with E-state index >= 15 is 0 Å². The molecule has 2 aromatic rings. The minimum atomic E-state index is -0.644. The first-order valence-electron chi connectivity index (χ1n) is 8.84. The monoisotopic (exact) mass is 351 g/mol. The molecule has 0 aliphatic heterocycles. The summed E-state index contributed by atoms with van der Waals surface area (Å²) >= 11 is 0. The van der Waals surface area contributed by atoms with Gasteiger partial charge in [0.15, 0.2) is 6.10 Å². The first-order chi connectivity index (χ1) is 12.5. The fraction of sp³-hybridized carbons (Fsp3) is 0.333. The number of amides is 1. The second-order valence-corrected chi connectivity index (χ2v) is 6.05. The summed E-state index contributed by atoms with van der Waals surface area (Å²) < 4.78 is 5.65. The van der Waals surface area contributed by atoms with Crippen molar-refractivity contribution in [2.75, 3.05) is 18.4 Å². The predicted molar refractivity (Wildman–Crippen MR) is 103 cm³/mol. The molecule has 1 unspecified atom stereocenters. The summed E-state index contributed by atoms with van der Waals surface area (Å²) in [5.41, 5.74) is 2.47. The average Bonchev–Trinajstić information content (AvgIpc) is 2.67. The van der Waals surface area contributed by atoms with Gasteiger partial charge in [0.25, 0.3) is 5.91 Å². The second kappa shape index (κ2) is 9.59.